The molecule has 196 valence electrons. The van der Waals surface area contributed by atoms with E-state index in [9.17, 15) is 9.18 Å². The number of nitrogens with zero attached hydrogens (tertiary/aromatic N) is 5. The molecule has 1 aliphatic heterocycles. The first-order valence-corrected chi connectivity index (χ1v) is 12.9. The fourth-order valence-corrected chi connectivity index (χ4v) is 4.71. The Morgan fingerprint density at radius 2 is 1.74 bits per heavy atom. The topological polar surface area (TPSA) is 73.1 Å². The number of amides is 1. The summed E-state index contributed by atoms with van der Waals surface area (Å²) in [6, 6.07) is 10.4. The van der Waals surface area contributed by atoms with Crippen molar-refractivity contribution >= 4 is 17.7 Å². The van der Waals surface area contributed by atoms with Gasteiger partial charge < -0.3 is 9.64 Å². The summed E-state index contributed by atoms with van der Waals surface area (Å²) in [5.74, 6) is -0.379. The molecular formula is C29H29ClFN5O2. The molecule has 1 saturated heterocycles. The highest BCUT2D eigenvalue weighted by Crippen LogP contribution is 2.31. The van der Waals surface area contributed by atoms with Gasteiger partial charge >= 0.3 is 6.09 Å². The predicted molar refractivity (Wildman–Crippen MR) is 145 cm³/mol. The van der Waals surface area contributed by atoms with Crippen molar-refractivity contribution in [3.8, 4) is 33.5 Å². The zero-order valence-corrected chi connectivity index (χ0v) is 22.3. The lowest BCUT2D eigenvalue weighted by Crippen LogP contribution is -2.42. The molecule has 9 heteroatoms. The molecule has 0 saturated carbocycles. The molecule has 38 heavy (non-hydrogen) atoms. The van der Waals surface area contributed by atoms with E-state index in [1.807, 2.05) is 56.0 Å². The van der Waals surface area contributed by atoms with E-state index in [1.54, 1.807) is 29.6 Å². The van der Waals surface area contributed by atoms with Crippen LogP contribution in [0.2, 0.25) is 5.02 Å². The van der Waals surface area contributed by atoms with E-state index >= 15 is 0 Å². The van der Waals surface area contributed by atoms with Gasteiger partial charge in [-0.05, 0) is 75.6 Å². The number of pyridine rings is 2. The summed E-state index contributed by atoms with van der Waals surface area (Å²) < 4.78 is 21.9. The average Bonchev–Trinajstić information content (AvgIpc) is 3.40. The SMILES string of the molecule is CC(C)(C)OC(=O)N1CCC(n2cc(-c3cncc(-c4ccnc(-c5cc(Cl)ccc5F)c4)c3)cn2)CC1. The molecule has 0 spiro atoms. The molecule has 1 amide bonds. The van der Waals surface area contributed by atoms with E-state index in [0.29, 0.717) is 29.4 Å². The van der Waals surface area contributed by atoms with Crippen LogP contribution in [-0.4, -0.2) is 49.4 Å². The smallest absolute Gasteiger partial charge is 0.410 e. The van der Waals surface area contributed by atoms with Crippen molar-refractivity contribution in [3.63, 3.8) is 0 Å². The molecular weight excluding hydrogens is 505 g/mol. The largest absolute Gasteiger partial charge is 0.444 e. The van der Waals surface area contributed by atoms with Gasteiger partial charge in [0.15, 0.2) is 0 Å². The van der Waals surface area contributed by atoms with Gasteiger partial charge in [0.2, 0.25) is 0 Å². The Labute approximate surface area is 226 Å². The van der Waals surface area contributed by atoms with Gasteiger partial charge in [0.05, 0.1) is 17.9 Å². The van der Waals surface area contributed by atoms with Crippen LogP contribution in [-0.2, 0) is 4.74 Å². The molecule has 0 bridgehead atoms. The highest BCUT2D eigenvalue weighted by atomic mass is 35.5. The van der Waals surface area contributed by atoms with Crippen LogP contribution in [0.1, 0.15) is 39.7 Å². The molecule has 0 aliphatic carbocycles. The Balaban J connectivity index is 1.31. The molecule has 0 atom stereocenters. The van der Waals surface area contributed by atoms with Gasteiger partial charge in [-0.3, -0.25) is 14.6 Å². The van der Waals surface area contributed by atoms with Gasteiger partial charge in [-0.2, -0.15) is 5.10 Å². The molecule has 4 aromatic rings. The summed E-state index contributed by atoms with van der Waals surface area (Å²) in [4.78, 5) is 22.9. The monoisotopic (exact) mass is 533 g/mol. The average molecular weight is 534 g/mol. The van der Waals surface area contributed by atoms with E-state index in [0.717, 1.165) is 35.1 Å². The molecule has 7 nitrogen and oxygen atoms in total. The van der Waals surface area contributed by atoms with Crippen LogP contribution >= 0.6 is 11.6 Å². The second-order valence-electron chi connectivity index (χ2n) is 10.4. The number of benzene rings is 1. The van der Waals surface area contributed by atoms with Crippen LogP contribution in [0.4, 0.5) is 9.18 Å². The minimum absolute atomic E-state index is 0.203. The Morgan fingerprint density at radius 3 is 2.47 bits per heavy atom. The Kier molecular flexibility index (Phi) is 7.17. The zero-order valence-electron chi connectivity index (χ0n) is 21.6. The molecule has 4 heterocycles. The lowest BCUT2D eigenvalue weighted by molar-refractivity contribution is 0.0185. The maximum absolute atomic E-state index is 14.4. The summed E-state index contributed by atoms with van der Waals surface area (Å²) in [5.41, 5.74) is 3.96. The first-order valence-electron chi connectivity index (χ1n) is 12.6. The summed E-state index contributed by atoms with van der Waals surface area (Å²) >= 11 is 6.08. The predicted octanol–water partition coefficient (Wildman–Crippen LogP) is 7.04. The lowest BCUT2D eigenvalue weighted by Gasteiger charge is -2.33. The fraction of sp³-hybridized carbons (Fsp3) is 0.310. The van der Waals surface area contributed by atoms with Crippen LogP contribution in [0.3, 0.4) is 0 Å². The number of hydrogen-bond donors (Lipinski definition) is 0. The first-order chi connectivity index (χ1) is 18.2. The van der Waals surface area contributed by atoms with Gasteiger partial charge in [0.1, 0.15) is 11.4 Å². The Hall–Kier alpha value is -3.78. The number of carbonyl (C=O) groups is 1. The Morgan fingerprint density at radius 1 is 1.00 bits per heavy atom. The first kappa shape index (κ1) is 25.9. The summed E-state index contributed by atoms with van der Waals surface area (Å²) in [6.07, 6.45) is 10.4. The van der Waals surface area contributed by atoms with Crippen molar-refractivity contribution in [3.05, 3.63) is 78.2 Å². The zero-order chi connectivity index (χ0) is 26.9. The quantitative estimate of drug-likeness (QED) is 0.281. The number of ether oxygens (including phenoxy) is 1. The van der Waals surface area contributed by atoms with Crippen molar-refractivity contribution in [2.45, 2.75) is 45.3 Å². The highest BCUT2D eigenvalue weighted by Gasteiger charge is 2.28. The van der Waals surface area contributed by atoms with E-state index in [-0.39, 0.29) is 18.0 Å². The molecule has 3 aromatic heterocycles. The number of likely N-dealkylation sites (tertiary alicyclic amines) is 1. The number of piperidine rings is 1. The van der Waals surface area contributed by atoms with E-state index in [2.05, 4.69) is 15.1 Å². The fourth-order valence-electron chi connectivity index (χ4n) is 4.53. The van der Waals surface area contributed by atoms with Crippen LogP contribution in [0.15, 0.2) is 67.4 Å². The number of hydrogen-bond acceptors (Lipinski definition) is 5. The van der Waals surface area contributed by atoms with Crippen molar-refractivity contribution < 1.29 is 13.9 Å². The minimum atomic E-state index is -0.503. The maximum Gasteiger partial charge on any atom is 0.410 e. The molecule has 5 rings (SSSR count). The maximum atomic E-state index is 14.4. The third kappa shape index (κ3) is 5.86. The molecule has 0 radical (unpaired) electrons. The van der Waals surface area contributed by atoms with E-state index < -0.39 is 5.60 Å². The molecule has 1 fully saturated rings. The summed E-state index contributed by atoms with van der Waals surface area (Å²) in [6.45, 7) is 6.88. The number of halogens is 2. The van der Waals surface area contributed by atoms with Crippen molar-refractivity contribution in [1.82, 2.24) is 24.6 Å². The molecule has 0 N–H and O–H groups in total. The van der Waals surface area contributed by atoms with Gasteiger partial charge in [0, 0.05) is 65.2 Å². The van der Waals surface area contributed by atoms with Crippen LogP contribution in [0.5, 0.6) is 0 Å². The number of aromatic nitrogens is 4. The summed E-state index contributed by atoms with van der Waals surface area (Å²) in [7, 11) is 0. The van der Waals surface area contributed by atoms with Crippen LogP contribution in [0.25, 0.3) is 33.5 Å². The number of carbonyl (C=O) groups excluding carboxylic acids is 1. The van der Waals surface area contributed by atoms with Crippen molar-refractivity contribution in [1.29, 1.82) is 0 Å². The molecule has 1 aromatic carbocycles. The summed E-state index contributed by atoms with van der Waals surface area (Å²) in [5, 5.41) is 5.06. The van der Waals surface area contributed by atoms with E-state index in [1.165, 1.54) is 12.1 Å². The van der Waals surface area contributed by atoms with Gasteiger partial charge in [-0.1, -0.05) is 11.6 Å². The van der Waals surface area contributed by atoms with Crippen LogP contribution in [0, 0.1) is 5.82 Å². The van der Waals surface area contributed by atoms with Gasteiger partial charge in [-0.15, -0.1) is 0 Å². The third-order valence-electron chi connectivity index (χ3n) is 6.46. The standard InChI is InChI=1S/C29H29ClFN5O2/c1-29(2,3)38-28(37)35-10-7-24(8-11-35)36-18-22(17-34-36)21-12-20(15-32-16-21)19-6-9-33-27(13-19)25-14-23(30)4-5-26(25)31/h4-6,9,12-18,24H,7-8,10-11H2,1-3H3. The minimum Gasteiger partial charge on any atom is -0.444 e. The van der Waals surface area contributed by atoms with Crippen LogP contribution < -0.4 is 0 Å². The van der Waals surface area contributed by atoms with Crippen molar-refractivity contribution in [2.24, 2.45) is 0 Å². The molecule has 1 aliphatic rings. The normalized spacial score (nSPS) is 14.5. The van der Waals surface area contributed by atoms with Crippen molar-refractivity contribution in [2.75, 3.05) is 13.1 Å². The third-order valence-corrected chi connectivity index (χ3v) is 6.70. The second-order valence-corrected chi connectivity index (χ2v) is 10.9. The second kappa shape index (κ2) is 10.5. The number of rotatable bonds is 4. The highest BCUT2D eigenvalue weighted by molar-refractivity contribution is 6.30. The van der Waals surface area contributed by atoms with Gasteiger partial charge in [-0.25, -0.2) is 9.18 Å². The Bertz CT molecular complexity index is 1460. The lowest BCUT2D eigenvalue weighted by atomic mass is 10.0. The van der Waals surface area contributed by atoms with E-state index in [4.69, 9.17) is 16.3 Å². The molecule has 0 unspecified atom stereocenters. The van der Waals surface area contributed by atoms with Gasteiger partial charge in [0.25, 0.3) is 0 Å².